The average molecular weight is 345 g/mol. The molecule has 0 aliphatic rings. The second-order valence-electron chi connectivity index (χ2n) is 5.98. The summed E-state index contributed by atoms with van der Waals surface area (Å²) in [6.45, 7) is 4.00. The highest BCUT2D eigenvalue weighted by atomic mass is 19.4. The maximum Gasteiger partial charge on any atom is 0.472 e. The van der Waals surface area contributed by atoms with Crippen molar-refractivity contribution in [3.8, 4) is 0 Å². The molecule has 4 nitrogen and oxygen atoms in total. The minimum absolute atomic E-state index is 0.0291. The van der Waals surface area contributed by atoms with Gasteiger partial charge >= 0.3 is 12.1 Å². The molecule has 0 saturated carbocycles. The number of rotatable bonds is 9. The summed E-state index contributed by atoms with van der Waals surface area (Å²) in [5.74, 6) is -1.86. The lowest BCUT2D eigenvalue weighted by molar-refractivity contribution is -0.189. The Hall–Kier alpha value is -1.60. The molecule has 136 valence electrons. The lowest BCUT2D eigenvalue weighted by Gasteiger charge is -2.24. The Morgan fingerprint density at radius 3 is 2.33 bits per heavy atom. The number of halogens is 3. The Bertz CT molecular complexity index is 501. The summed E-state index contributed by atoms with van der Waals surface area (Å²) in [5.41, 5.74) is 10.3. The minimum atomic E-state index is -4.87. The van der Waals surface area contributed by atoms with Crippen LogP contribution in [0.4, 0.5) is 13.2 Å². The average Bonchev–Trinajstić information content (AvgIpc) is 2.52. The largest absolute Gasteiger partial charge is 0.472 e. The van der Waals surface area contributed by atoms with Crippen LogP contribution in [0.5, 0.6) is 0 Å². The van der Waals surface area contributed by atoms with Gasteiger partial charge in [0.2, 0.25) is 0 Å². The molecule has 0 fully saturated rings. The third-order valence-electron chi connectivity index (χ3n) is 3.61. The number of aryl methyl sites for hydroxylation is 1. The van der Waals surface area contributed by atoms with E-state index in [2.05, 4.69) is 5.43 Å². The standard InChI is InChI=1S/C17H26F3N3O/c1-3-4-11-23(16(24)17(18,19)20)22-12-15-9-7-14(8-10-15)6-5-13(2)21/h7-10,13,22H,3-6,11-12,21H2,1-2H3/t13-/m1/s1. The molecule has 24 heavy (non-hydrogen) atoms. The summed E-state index contributed by atoms with van der Waals surface area (Å²) in [7, 11) is 0. The number of hydrogen-bond acceptors (Lipinski definition) is 3. The van der Waals surface area contributed by atoms with E-state index in [0.717, 1.165) is 24.0 Å². The number of benzene rings is 1. The van der Waals surface area contributed by atoms with E-state index >= 15 is 0 Å². The molecule has 0 unspecified atom stereocenters. The summed E-state index contributed by atoms with van der Waals surface area (Å²) >= 11 is 0. The van der Waals surface area contributed by atoms with Gasteiger partial charge in [0, 0.05) is 19.1 Å². The zero-order valence-electron chi connectivity index (χ0n) is 14.2. The van der Waals surface area contributed by atoms with Crippen LogP contribution >= 0.6 is 0 Å². The van der Waals surface area contributed by atoms with Crippen molar-refractivity contribution in [3.05, 3.63) is 35.4 Å². The lowest BCUT2D eigenvalue weighted by atomic mass is 10.0. The number of hydrogen-bond donors (Lipinski definition) is 2. The fourth-order valence-corrected chi connectivity index (χ4v) is 2.13. The fraction of sp³-hybridized carbons (Fsp3) is 0.588. The molecule has 1 amide bonds. The summed E-state index contributed by atoms with van der Waals surface area (Å²) < 4.78 is 37.8. The minimum Gasteiger partial charge on any atom is -0.328 e. The van der Waals surface area contributed by atoms with Gasteiger partial charge in [-0.15, -0.1) is 0 Å². The van der Waals surface area contributed by atoms with Crippen molar-refractivity contribution in [1.82, 2.24) is 10.4 Å². The van der Waals surface area contributed by atoms with E-state index in [9.17, 15) is 18.0 Å². The van der Waals surface area contributed by atoms with Gasteiger partial charge in [0.1, 0.15) is 0 Å². The van der Waals surface area contributed by atoms with Gasteiger partial charge in [-0.3, -0.25) is 9.80 Å². The molecule has 1 aromatic rings. The molecule has 7 heteroatoms. The third kappa shape index (κ3) is 7.31. The molecule has 1 rings (SSSR count). The molecule has 0 spiro atoms. The van der Waals surface area contributed by atoms with Gasteiger partial charge in [-0.2, -0.15) is 13.2 Å². The number of carbonyl (C=O) groups excluding carboxylic acids is 1. The Kier molecular flexibility index (Phi) is 8.21. The number of hydrazine groups is 1. The molecule has 0 aliphatic carbocycles. The van der Waals surface area contributed by atoms with E-state index in [4.69, 9.17) is 5.73 Å². The number of amides is 1. The van der Waals surface area contributed by atoms with Crippen molar-refractivity contribution in [1.29, 1.82) is 0 Å². The highest BCUT2D eigenvalue weighted by Gasteiger charge is 2.42. The zero-order valence-corrected chi connectivity index (χ0v) is 14.2. The van der Waals surface area contributed by atoms with Gasteiger partial charge in [-0.25, -0.2) is 5.43 Å². The quantitative estimate of drug-likeness (QED) is 0.676. The Labute approximate surface area is 141 Å². The monoisotopic (exact) mass is 345 g/mol. The molecule has 1 atom stereocenters. The predicted molar refractivity (Wildman–Crippen MR) is 87.9 cm³/mol. The van der Waals surface area contributed by atoms with Gasteiger partial charge in [-0.05, 0) is 37.3 Å². The second kappa shape index (κ2) is 9.64. The van der Waals surface area contributed by atoms with E-state index < -0.39 is 12.1 Å². The maximum atomic E-state index is 12.6. The molecule has 0 radical (unpaired) electrons. The number of nitrogens with one attached hydrogen (secondary N) is 1. The van der Waals surface area contributed by atoms with Crippen LogP contribution in [0.1, 0.15) is 44.2 Å². The van der Waals surface area contributed by atoms with Crippen LogP contribution < -0.4 is 11.2 Å². The molecule has 0 heterocycles. The number of carbonyl (C=O) groups is 1. The summed E-state index contributed by atoms with van der Waals surface area (Å²) in [5, 5.41) is 0.660. The predicted octanol–water partition coefficient (Wildman–Crippen LogP) is 3.16. The maximum absolute atomic E-state index is 12.6. The first-order chi connectivity index (χ1) is 11.2. The molecular weight excluding hydrogens is 319 g/mol. The Balaban J connectivity index is 2.61. The molecule has 0 saturated heterocycles. The van der Waals surface area contributed by atoms with Gasteiger partial charge in [0.25, 0.3) is 0 Å². The second-order valence-corrected chi connectivity index (χ2v) is 5.98. The smallest absolute Gasteiger partial charge is 0.328 e. The first kappa shape index (κ1) is 20.4. The van der Waals surface area contributed by atoms with Crippen LogP contribution in [-0.2, 0) is 17.8 Å². The molecule has 1 aromatic carbocycles. The molecule has 0 aliphatic heterocycles. The van der Waals surface area contributed by atoms with Crippen molar-refractivity contribution < 1.29 is 18.0 Å². The van der Waals surface area contributed by atoms with Gasteiger partial charge < -0.3 is 5.73 Å². The Morgan fingerprint density at radius 1 is 1.25 bits per heavy atom. The highest BCUT2D eigenvalue weighted by Crippen LogP contribution is 2.18. The summed E-state index contributed by atoms with van der Waals surface area (Å²) in [4.78, 5) is 11.4. The van der Waals surface area contributed by atoms with E-state index in [1.54, 1.807) is 0 Å². The fourth-order valence-electron chi connectivity index (χ4n) is 2.13. The van der Waals surface area contributed by atoms with Crippen LogP contribution in [0.3, 0.4) is 0 Å². The van der Waals surface area contributed by atoms with Crippen molar-refractivity contribution in [2.75, 3.05) is 6.54 Å². The number of unbranched alkanes of at least 4 members (excludes halogenated alkanes) is 1. The first-order valence-electron chi connectivity index (χ1n) is 8.19. The zero-order chi connectivity index (χ0) is 18.2. The van der Waals surface area contributed by atoms with Gasteiger partial charge in [0.05, 0.1) is 0 Å². The molecule has 0 bridgehead atoms. The van der Waals surface area contributed by atoms with Crippen LogP contribution in [0.25, 0.3) is 0 Å². The van der Waals surface area contributed by atoms with Crippen LogP contribution in [0, 0.1) is 0 Å². The lowest BCUT2D eigenvalue weighted by Crippen LogP contribution is -2.49. The van der Waals surface area contributed by atoms with Gasteiger partial charge in [-0.1, -0.05) is 37.6 Å². The van der Waals surface area contributed by atoms with Crippen molar-refractivity contribution in [3.63, 3.8) is 0 Å². The summed E-state index contributed by atoms with van der Waals surface area (Å²) in [6, 6.07) is 7.69. The SMILES string of the molecule is CCCCN(NCc1ccc(CC[C@@H](C)N)cc1)C(=O)C(F)(F)F. The number of nitrogens with two attached hydrogens (primary N) is 1. The van der Waals surface area contributed by atoms with Crippen molar-refractivity contribution in [2.45, 2.75) is 58.3 Å². The molecular formula is C17H26F3N3O. The van der Waals surface area contributed by atoms with Crippen molar-refractivity contribution in [2.24, 2.45) is 5.73 Å². The van der Waals surface area contributed by atoms with Crippen LogP contribution in [-0.4, -0.2) is 29.7 Å². The van der Waals surface area contributed by atoms with E-state index in [1.165, 1.54) is 0 Å². The highest BCUT2D eigenvalue weighted by molar-refractivity contribution is 5.81. The van der Waals surface area contributed by atoms with E-state index in [1.807, 2.05) is 38.1 Å². The number of alkyl halides is 3. The Morgan fingerprint density at radius 2 is 1.83 bits per heavy atom. The third-order valence-corrected chi connectivity index (χ3v) is 3.61. The molecule has 0 aromatic heterocycles. The summed E-state index contributed by atoms with van der Waals surface area (Å²) in [6.07, 6.45) is -1.92. The topological polar surface area (TPSA) is 58.4 Å². The van der Waals surface area contributed by atoms with Crippen LogP contribution in [0.15, 0.2) is 24.3 Å². The van der Waals surface area contributed by atoms with Gasteiger partial charge in [0.15, 0.2) is 0 Å². The first-order valence-corrected chi connectivity index (χ1v) is 8.19. The van der Waals surface area contributed by atoms with Crippen molar-refractivity contribution >= 4 is 5.91 Å². The van der Waals surface area contributed by atoms with E-state index in [0.29, 0.717) is 17.9 Å². The molecule has 3 N–H and O–H groups in total. The van der Waals surface area contributed by atoms with Crippen LogP contribution in [0.2, 0.25) is 0 Å². The van der Waals surface area contributed by atoms with E-state index in [-0.39, 0.29) is 19.1 Å². The number of nitrogens with zero attached hydrogens (tertiary/aromatic N) is 1. The normalized spacial score (nSPS) is 12.9.